The lowest BCUT2D eigenvalue weighted by molar-refractivity contribution is 0.468. The second kappa shape index (κ2) is 6.40. The SMILES string of the molecule is CCCN(CCC)c1nnc(CNC)o1. The fraction of sp³-hybridized carbons (Fsp3) is 0.800. The summed E-state index contributed by atoms with van der Waals surface area (Å²) in [5, 5.41) is 11.0. The van der Waals surface area contributed by atoms with Gasteiger partial charge in [-0.1, -0.05) is 18.9 Å². The number of anilines is 1. The highest BCUT2D eigenvalue weighted by Crippen LogP contribution is 2.12. The first kappa shape index (κ1) is 12.0. The predicted octanol–water partition coefficient (Wildman–Crippen LogP) is 1.42. The van der Waals surface area contributed by atoms with Gasteiger partial charge in [-0.2, -0.15) is 0 Å². The van der Waals surface area contributed by atoms with Crippen molar-refractivity contribution in [3.8, 4) is 0 Å². The van der Waals surface area contributed by atoms with Crippen LogP contribution in [0.25, 0.3) is 0 Å². The van der Waals surface area contributed by atoms with E-state index in [9.17, 15) is 0 Å². The van der Waals surface area contributed by atoms with Crippen LogP contribution >= 0.6 is 0 Å². The Bertz CT molecular complexity index is 268. The van der Waals surface area contributed by atoms with Crippen molar-refractivity contribution >= 4 is 6.01 Å². The maximum Gasteiger partial charge on any atom is 0.318 e. The van der Waals surface area contributed by atoms with Crippen LogP contribution in [0.5, 0.6) is 0 Å². The first-order valence-electron chi connectivity index (χ1n) is 5.53. The molecule has 0 unspecified atom stereocenters. The predicted molar refractivity (Wildman–Crippen MR) is 59.9 cm³/mol. The molecule has 1 N–H and O–H groups in total. The summed E-state index contributed by atoms with van der Waals surface area (Å²) >= 11 is 0. The second-order valence-electron chi connectivity index (χ2n) is 3.50. The number of nitrogens with one attached hydrogen (secondary N) is 1. The summed E-state index contributed by atoms with van der Waals surface area (Å²) in [6, 6.07) is 0.643. The van der Waals surface area contributed by atoms with Gasteiger partial charge in [0, 0.05) is 13.1 Å². The van der Waals surface area contributed by atoms with Gasteiger partial charge in [-0.25, -0.2) is 0 Å². The van der Waals surface area contributed by atoms with Crippen LogP contribution in [0.2, 0.25) is 0 Å². The van der Waals surface area contributed by atoms with Crippen LogP contribution in [0.4, 0.5) is 6.01 Å². The molecule has 15 heavy (non-hydrogen) atoms. The molecule has 0 fully saturated rings. The molecule has 1 heterocycles. The van der Waals surface area contributed by atoms with Crippen LogP contribution in [0, 0.1) is 0 Å². The molecule has 0 aliphatic heterocycles. The average Bonchev–Trinajstić information content (AvgIpc) is 2.67. The summed E-state index contributed by atoms with van der Waals surface area (Å²) in [5.74, 6) is 0.643. The summed E-state index contributed by atoms with van der Waals surface area (Å²) in [5.41, 5.74) is 0. The van der Waals surface area contributed by atoms with E-state index in [1.54, 1.807) is 0 Å². The van der Waals surface area contributed by atoms with Crippen molar-refractivity contribution in [3.63, 3.8) is 0 Å². The molecular weight excluding hydrogens is 192 g/mol. The Morgan fingerprint density at radius 3 is 2.40 bits per heavy atom. The highest BCUT2D eigenvalue weighted by Gasteiger charge is 2.12. The topological polar surface area (TPSA) is 54.2 Å². The molecule has 5 nitrogen and oxygen atoms in total. The van der Waals surface area contributed by atoms with Gasteiger partial charge in [-0.15, -0.1) is 5.10 Å². The van der Waals surface area contributed by atoms with Crippen LogP contribution in [-0.2, 0) is 6.54 Å². The molecule has 5 heteroatoms. The lowest BCUT2D eigenvalue weighted by atomic mass is 10.4. The van der Waals surface area contributed by atoms with E-state index in [1.807, 2.05) is 7.05 Å². The fourth-order valence-corrected chi connectivity index (χ4v) is 1.44. The van der Waals surface area contributed by atoms with Crippen molar-refractivity contribution < 1.29 is 4.42 Å². The Labute approximate surface area is 90.9 Å². The maximum absolute atomic E-state index is 5.53. The molecule has 0 aliphatic carbocycles. The molecule has 0 aromatic carbocycles. The smallest absolute Gasteiger partial charge is 0.318 e. The summed E-state index contributed by atoms with van der Waals surface area (Å²) < 4.78 is 5.53. The van der Waals surface area contributed by atoms with E-state index in [0.717, 1.165) is 25.9 Å². The van der Waals surface area contributed by atoms with Crippen molar-refractivity contribution in [1.29, 1.82) is 0 Å². The molecule has 1 aromatic rings. The first-order chi connectivity index (χ1) is 7.31. The maximum atomic E-state index is 5.53. The standard InChI is InChI=1S/C10H20N4O/c1-4-6-14(7-5-2)10-13-12-9(15-10)8-11-3/h11H,4-8H2,1-3H3. The molecule has 0 saturated carbocycles. The summed E-state index contributed by atoms with van der Waals surface area (Å²) in [4.78, 5) is 2.13. The third-order valence-corrected chi connectivity index (χ3v) is 2.04. The number of hydrogen-bond donors (Lipinski definition) is 1. The third-order valence-electron chi connectivity index (χ3n) is 2.04. The highest BCUT2D eigenvalue weighted by atomic mass is 16.4. The Hall–Kier alpha value is -1.10. The van der Waals surface area contributed by atoms with Gasteiger partial charge in [0.05, 0.1) is 6.54 Å². The minimum atomic E-state index is 0.624. The minimum absolute atomic E-state index is 0.624. The van der Waals surface area contributed by atoms with Crippen molar-refractivity contribution in [2.75, 3.05) is 25.0 Å². The van der Waals surface area contributed by atoms with Crippen LogP contribution < -0.4 is 10.2 Å². The van der Waals surface area contributed by atoms with Crippen LogP contribution in [0.1, 0.15) is 32.6 Å². The summed E-state index contributed by atoms with van der Waals surface area (Å²) in [6.45, 7) is 6.85. The van der Waals surface area contributed by atoms with Crippen LogP contribution in [0.15, 0.2) is 4.42 Å². The molecule has 86 valence electrons. The van der Waals surface area contributed by atoms with Gasteiger partial charge < -0.3 is 14.6 Å². The molecule has 1 rings (SSSR count). The number of aromatic nitrogens is 2. The normalized spacial score (nSPS) is 10.6. The van der Waals surface area contributed by atoms with E-state index in [1.165, 1.54) is 0 Å². The minimum Gasteiger partial charge on any atom is -0.407 e. The van der Waals surface area contributed by atoms with Crippen LogP contribution in [-0.4, -0.2) is 30.3 Å². The van der Waals surface area contributed by atoms with Gasteiger partial charge >= 0.3 is 6.01 Å². The summed E-state index contributed by atoms with van der Waals surface area (Å²) in [7, 11) is 1.86. The summed E-state index contributed by atoms with van der Waals surface area (Å²) in [6.07, 6.45) is 2.17. The molecular formula is C10H20N4O. The van der Waals surface area contributed by atoms with Gasteiger partial charge in [0.25, 0.3) is 0 Å². The van der Waals surface area contributed by atoms with Gasteiger partial charge in [-0.3, -0.25) is 0 Å². The second-order valence-corrected chi connectivity index (χ2v) is 3.50. The van der Waals surface area contributed by atoms with Gasteiger partial charge in [0.2, 0.25) is 5.89 Å². The van der Waals surface area contributed by atoms with Gasteiger partial charge in [0.15, 0.2) is 0 Å². The molecule has 0 radical (unpaired) electrons. The zero-order chi connectivity index (χ0) is 11.1. The third kappa shape index (κ3) is 3.51. The Balaban J connectivity index is 2.63. The van der Waals surface area contributed by atoms with Crippen LogP contribution in [0.3, 0.4) is 0 Å². The number of hydrogen-bond acceptors (Lipinski definition) is 5. The van der Waals surface area contributed by atoms with E-state index in [2.05, 4.69) is 34.3 Å². The molecule has 0 bridgehead atoms. The zero-order valence-electron chi connectivity index (χ0n) is 9.79. The molecule has 1 aromatic heterocycles. The largest absolute Gasteiger partial charge is 0.407 e. The van der Waals surface area contributed by atoms with E-state index >= 15 is 0 Å². The Kier molecular flexibility index (Phi) is 5.10. The van der Waals surface area contributed by atoms with Crippen molar-refractivity contribution in [2.24, 2.45) is 0 Å². The molecule has 0 atom stereocenters. The monoisotopic (exact) mass is 212 g/mol. The fourth-order valence-electron chi connectivity index (χ4n) is 1.44. The molecule has 0 spiro atoms. The quantitative estimate of drug-likeness (QED) is 0.740. The van der Waals surface area contributed by atoms with E-state index in [0.29, 0.717) is 18.5 Å². The van der Waals surface area contributed by atoms with Gasteiger partial charge in [-0.05, 0) is 19.9 Å². The molecule has 0 saturated heterocycles. The van der Waals surface area contributed by atoms with Gasteiger partial charge in [0.1, 0.15) is 0 Å². The Morgan fingerprint density at radius 2 is 1.87 bits per heavy atom. The molecule has 0 amide bonds. The lowest BCUT2D eigenvalue weighted by Gasteiger charge is -2.17. The highest BCUT2D eigenvalue weighted by molar-refractivity contribution is 5.23. The van der Waals surface area contributed by atoms with Crippen molar-refractivity contribution in [2.45, 2.75) is 33.2 Å². The van der Waals surface area contributed by atoms with E-state index < -0.39 is 0 Å². The van der Waals surface area contributed by atoms with Crippen molar-refractivity contribution in [1.82, 2.24) is 15.5 Å². The molecule has 0 aliphatic rings. The Morgan fingerprint density at radius 1 is 1.20 bits per heavy atom. The lowest BCUT2D eigenvalue weighted by Crippen LogP contribution is -2.25. The number of nitrogens with zero attached hydrogens (tertiary/aromatic N) is 3. The first-order valence-corrected chi connectivity index (χ1v) is 5.53. The average molecular weight is 212 g/mol. The number of rotatable bonds is 7. The van der Waals surface area contributed by atoms with E-state index in [-0.39, 0.29) is 0 Å². The zero-order valence-corrected chi connectivity index (χ0v) is 9.79. The van der Waals surface area contributed by atoms with E-state index in [4.69, 9.17) is 4.42 Å². The van der Waals surface area contributed by atoms with Crippen molar-refractivity contribution in [3.05, 3.63) is 5.89 Å².